The molecular weight excluding hydrogens is 378 g/mol. The van der Waals surface area contributed by atoms with Gasteiger partial charge in [0.25, 0.3) is 5.91 Å². The van der Waals surface area contributed by atoms with Crippen LogP contribution in [-0.4, -0.2) is 28.3 Å². The summed E-state index contributed by atoms with van der Waals surface area (Å²) in [5.41, 5.74) is 3.11. The predicted molar refractivity (Wildman–Crippen MR) is 107 cm³/mol. The summed E-state index contributed by atoms with van der Waals surface area (Å²) in [7, 11) is 0. The number of aromatic nitrogens is 2. The highest BCUT2D eigenvalue weighted by Crippen LogP contribution is 2.16. The first-order valence-electron chi connectivity index (χ1n) is 8.77. The summed E-state index contributed by atoms with van der Waals surface area (Å²) >= 11 is 5.86. The van der Waals surface area contributed by atoms with E-state index in [9.17, 15) is 9.59 Å². The van der Waals surface area contributed by atoms with Crippen LogP contribution in [-0.2, 0) is 9.53 Å². The number of nitrogens with zero attached hydrogens (tertiary/aromatic N) is 2. The van der Waals surface area contributed by atoms with Gasteiger partial charge in [-0.15, -0.1) is 0 Å². The van der Waals surface area contributed by atoms with Crippen LogP contribution >= 0.6 is 11.6 Å². The third-order valence-corrected chi connectivity index (χ3v) is 4.51. The van der Waals surface area contributed by atoms with Gasteiger partial charge in [-0.2, -0.15) is 5.10 Å². The monoisotopic (exact) mass is 397 g/mol. The molecule has 0 fully saturated rings. The minimum absolute atomic E-state index is 0.222. The van der Waals surface area contributed by atoms with Crippen LogP contribution in [0.5, 0.6) is 0 Å². The highest BCUT2D eigenvalue weighted by atomic mass is 35.5. The van der Waals surface area contributed by atoms with E-state index in [2.05, 4.69) is 10.4 Å². The maximum absolute atomic E-state index is 12.2. The Morgan fingerprint density at radius 1 is 1.11 bits per heavy atom. The van der Waals surface area contributed by atoms with E-state index < -0.39 is 5.97 Å². The van der Waals surface area contributed by atoms with Crippen molar-refractivity contribution < 1.29 is 14.3 Å². The van der Waals surface area contributed by atoms with E-state index in [1.165, 1.54) is 0 Å². The van der Waals surface area contributed by atoms with Gasteiger partial charge in [-0.05, 0) is 61.9 Å². The second-order valence-electron chi connectivity index (χ2n) is 6.35. The fraction of sp³-hybridized carbons (Fsp3) is 0.190. The summed E-state index contributed by atoms with van der Waals surface area (Å²) in [5, 5.41) is 7.63. The van der Waals surface area contributed by atoms with Crippen molar-refractivity contribution in [3.63, 3.8) is 0 Å². The third kappa shape index (κ3) is 4.78. The normalized spacial score (nSPS) is 11.7. The van der Waals surface area contributed by atoms with Gasteiger partial charge in [0, 0.05) is 16.9 Å². The van der Waals surface area contributed by atoms with Crippen molar-refractivity contribution in [3.8, 4) is 5.69 Å². The zero-order valence-electron chi connectivity index (χ0n) is 15.6. The first-order valence-corrected chi connectivity index (χ1v) is 9.15. The minimum atomic E-state index is -0.557. The number of carbonyl (C=O) groups is 2. The van der Waals surface area contributed by atoms with Crippen molar-refractivity contribution >= 4 is 23.5 Å². The Bertz CT molecular complexity index is 965. The number of aryl methyl sites for hydroxylation is 1. The first-order chi connectivity index (χ1) is 13.4. The number of benzene rings is 2. The molecule has 6 nitrogen and oxygen atoms in total. The largest absolute Gasteiger partial charge is 0.452 e. The second-order valence-corrected chi connectivity index (χ2v) is 6.78. The van der Waals surface area contributed by atoms with Crippen molar-refractivity contribution in [1.82, 2.24) is 15.1 Å². The van der Waals surface area contributed by atoms with E-state index in [4.69, 9.17) is 16.3 Å². The molecule has 144 valence electrons. The Balaban J connectivity index is 1.52. The van der Waals surface area contributed by atoms with Crippen molar-refractivity contribution in [2.45, 2.75) is 19.9 Å². The highest BCUT2D eigenvalue weighted by Gasteiger charge is 2.13. The lowest BCUT2D eigenvalue weighted by Crippen LogP contribution is -2.31. The van der Waals surface area contributed by atoms with Crippen LogP contribution in [0.15, 0.2) is 60.8 Å². The Kier molecular flexibility index (Phi) is 6.11. The smallest absolute Gasteiger partial charge is 0.338 e. The SMILES string of the molecule is Cc1ccnn1-c1ccc(C(=O)OCC(=O)N[C@@H](C)c2ccc(Cl)cc2)cc1. The molecular formula is C21H20ClN3O3. The van der Waals surface area contributed by atoms with Crippen molar-refractivity contribution in [2.24, 2.45) is 0 Å². The number of amides is 1. The highest BCUT2D eigenvalue weighted by molar-refractivity contribution is 6.30. The zero-order chi connectivity index (χ0) is 20.1. The Hall–Kier alpha value is -3.12. The number of hydrogen-bond acceptors (Lipinski definition) is 4. The fourth-order valence-corrected chi connectivity index (χ4v) is 2.84. The predicted octanol–water partition coefficient (Wildman–Crippen LogP) is 3.87. The molecule has 0 unspecified atom stereocenters. The molecule has 0 bridgehead atoms. The summed E-state index contributed by atoms with van der Waals surface area (Å²) in [6.07, 6.45) is 1.71. The van der Waals surface area contributed by atoms with Crippen LogP contribution in [0.4, 0.5) is 0 Å². The number of nitrogens with one attached hydrogen (secondary N) is 1. The van der Waals surface area contributed by atoms with E-state index >= 15 is 0 Å². The number of rotatable bonds is 6. The van der Waals surface area contributed by atoms with Crippen LogP contribution in [0.2, 0.25) is 5.02 Å². The van der Waals surface area contributed by atoms with E-state index in [1.54, 1.807) is 47.3 Å². The Morgan fingerprint density at radius 2 is 1.79 bits per heavy atom. The first kappa shape index (κ1) is 19.6. The van der Waals surface area contributed by atoms with Crippen molar-refractivity contribution in [3.05, 3.63) is 82.6 Å². The maximum Gasteiger partial charge on any atom is 0.338 e. The number of esters is 1. The molecule has 2 aromatic carbocycles. The van der Waals surface area contributed by atoms with E-state index in [0.717, 1.165) is 16.9 Å². The van der Waals surface area contributed by atoms with Crippen molar-refractivity contribution in [2.75, 3.05) is 6.61 Å². The summed E-state index contributed by atoms with van der Waals surface area (Å²) in [5.74, 6) is -0.933. The van der Waals surface area contributed by atoms with Crippen LogP contribution in [0, 0.1) is 6.92 Å². The van der Waals surface area contributed by atoms with Crippen LogP contribution in [0.25, 0.3) is 5.69 Å². The van der Waals surface area contributed by atoms with Gasteiger partial charge in [0.1, 0.15) is 0 Å². The molecule has 3 rings (SSSR count). The van der Waals surface area contributed by atoms with Gasteiger partial charge in [0.15, 0.2) is 6.61 Å². The quantitative estimate of drug-likeness (QED) is 0.641. The Morgan fingerprint density at radius 3 is 2.39 bits per heavy atom. The number of carbonyl (C=O) groups excluding carboxylic acids is 2. The molecule has 0 aliphatic rings. The van der Waals surface area contributed by atoms with Gasteiger partial charge in [0.05, 0.1) is 17.3 Å². The van der Waals surface area contributed by atoms with Gasteiger partial charge < -0.3 is 10.1 Å². The molecule has 1 atom stereocenters. The lowest BCUT2D eigenvalue weighted by atomic mass is 10.1. The van der Waals surface area contributed by atoms with Crippen molar-refractivity contribution in [1.29, 1.82) is 0 Å². The molecule has 3 aromatic rings. The fourth-order valence-electron chi connectivity index (χ4n) is 2.71. The molecule has 1 N–H and O–H groups in total. The second kappa shape index (κ2) is 8.71. The minimum Gasteiger partial charge on any atom is -0.452 e. The lowest BCUT2D eigenvalue weighted by molar-refractivity contribution is -0.124. The van der Waals surface area contributed by atoms with Gasteiger partial charge >= 0.3 is 5.97 Å². The molecule has 1 aromatic heterocycles. The van der Waals surface area contributed by atoms with Gasteiger partial charge in [-0.1, -0.05) is 23.7 Å². The summed E-state index contributed by atoms with van der Waals surface area (Å²) in [4.78, 5) is 24.2. The molecule has 0 radical (unpaired) electrons. The standard InChI is InChI=1S/C21H20ClN3O3/c1-14-11-12-23-25(14)19-9-5-17(6-10-19)21(27)28-13-20(26)24-15(2)16-3-7-18(22)8-4-16/h3-12,15H,13H2,1-2H3,(H,24,26)/t15-/m0/s1. The molecule has 7 heteroatoms. The van der Waals surface area contributed by atoms with E-state index in [-0.39, 0.29) is 18.6 Å². The topological polar surface area (TPSA) is 73.2 Å². The summed E-state index contributed by atoms with van der Waals surface area (Å²) < 4.78 is 6.87. The molecule has 0 spiro atoms. The average molecular weight is 398 g/mol. The van der Waals surface area contributed by atoms with Crippen LogP contribution < -0.4 is 5.32 Å². The van der Waals surface area contributed by atoms with Gasteiger partial charge in [0.2, 0.25) is 0 Å². The van der Waals surface area contributed by atoms with Crippen LogP contribution in [0.3, 0.4) is 0 Å². The third-order valence-electron chi connectivity index (χ3n) is 4.26. The summed E-state index contributed by atoms with van der Waals surface area (Å²) in [6.45, 7) is 3.44. The number of halogens is 1. The number of ether oxygens (including phenoxy) is 1. The average Bonchev–Trinajstić information content (AvgIpc) is 3.12. The molecule has 0 aliphatic heterocycles. The molecule has 0 saturated heterocycles. The zero-order valence-corrected chi connectivity index (χ0v) is 16.3. The molecule has 28 heavy (non-hydrogen) atoms. The lowest BCUT2D eigenvalue weighted by Gasteiger charge is -2.14. The molecule has 0 aliphatic carbocycles. The van der Waals surface area contributed by atoms with E-state index in [1.807, 2.05) is 32.0 Å². The van der Waals surface area contributed by atoms with E-state index in [0.29, 0.717) is 10.6 Å². The molecule has 1 heterocycles. The number of hydrogen-bond donors (Lipinski definition) is 1. The van der Waals surface area contributed by atoms with Gasteiger partial charge in [-0.3, -0.25) is 4.79 Å². The van der Waals surface area contributed by atoms with Crippen LogP contribution in [0.1, 0.15) is 34.6 Å². The molecule has 1 amide bonds. The maximum atomic E-state index is 12.2. The molecule has 0 saturated carbocycles. The summed E-state index contributed by atoms with van der Waals surface area (Å²) in [6, 6.07) is 15.7. The van der Waals surface area contributed by atoms with Gasteiger partial charge in [-0.25, -0.2) is 9.48 Å². The Labute approximate surface area is 168 Å².